The molecule has 0 heterocycles. The summed E-state index contributed by atoms with van der Waals surface area (Å²) in [6.45, 7) is 2.13. The summed E-state index contributed by atoms with van der Waals surface area (Å²) in [5.41, 5.74) is 0. The smallest absolute Gasteiger partial charge is 0.432 e. The van der Waals surface area contributed by atoms with Crippen LogP contribution in [0.3, 0.4) is 0 Å². The van der Waals surface area contributed by atoms with Gasteiger partial charge in [-0.15, -0.1) is 0 Å². The normalized spacial score (nSPS) is 14.9. The second-order valence-electron chi connectivity index (χ2n) is 5.59. The topological polar surface area (TPSA) is 167 Å². The maximum absolute atomic E-state index is 11.5. The van der Waals surface area contributed by atoms with Crippen LogP contribution in [0.25, 0.3) is 0 Å². The van der Waals surface area contributed by atoms with Crippen molar-refractivity contribution >= 4 is 18.5 Å². The van der Waals surface area contributed by atoms with Gasteiger partial charge in [0.15, 0.2) is 6.10 Å². The van der Waals surface area contributed by atoms with Crippen molar-refractivity contribution in [1.29, 1.82) is 0 Å². The molecule has 0 aliphatic carbocycles. The van der Waals surface area contributed by atoms with Crippen molar-refractivity contribution < 1.29 is 58.1 Å². The molecule has 3 atom stereocenters. The maximum Gasteiger partial charge on any atom is 0.508 e. The molecule has 0 radical (unpaired) electrons. The zero-order chi connectivity index (χ0) is 20.8. The number of carbonyl (C=O) groups is 3. The van der Waals surface area contributed by atoms with Gasteiger partial charge in [-0.1, -0.05) is 0 Å². The molecule has 0 saturated heterocycles. The molecule has 3 N–H and O–H groups in total. The summed E-state index contributed by atoms with van der Waals surface area (Å²) in [6.07, 6.45) is -7.45. The van der Waals surface area contributed by atoms with E-state index in [4.69, 9.17) is 20.1 Å². The van der Waals surface area contributed by atoms with Gasteiger partial charge >= 0.3 is 18.5 Å². The van der Waals surface area contributed by atoms with Crippen LogP contribution in [-0.4, -0.2) is 91.2 Å². The van der Waals surface area contributed by atoms with Crippen LogP contribution in [0.2, 0.25) is 0 Å². The van der Waals surface area contributed by atoms with E-state index in [1.165, 1.54) is 20.8 Å². The second kappa shape index (κ2) is 13.8. The molecule has 3 unspecified atom stereocenters. The molecule has 0 fully saturated rings. The van der Waals surface area contributed by atoms with Crippen LogP contribution in [-0.2, 0) is 28.4 Å². The van der Waals surface area contributed by atoms with Crippen molar-refractivity contribution in [3.05, 3.63) is 0 Å². The maximum atomic E-state index is 11.5. The molecule has 0 bridgehead atoms. The van der Waals surface area contributed by atoms with E-state index in [0.717, 1.165) is 0 Å². The van der Waals surface area contributed by atoms with Gasteiger partial charge in [-0.2, -0.15) is 0 Å². The minimum absolute atomic E-state index is 0.303. The van der Waals surface area contributed by atoms with Crippen LogP contribution in [0.15, 0.2) is 0 Å². The lowest BCUT2D eigenvalue weighted by atomic mass is 10.4. The Hall–Kier alpha value is -2.31. The number of aliphatic hydroxyl groups is 3. The standard InChI is InChI=1S/C15H26O12/c1-9(16)4-22-13(19)25-7-12(27-15(21)24-6-11(3)18)8-26-14(20)23-5-10(2)17/h9-12,16-18H,4-8H2,1-3H3. The molecule has 12 nitrogen and oxygen atoms in total. The van der Waals surface area contributed by atoms with Gasteiger partial charge in [0.1, 0.15) is 33.0 Å². The highest BCUT2D eigenvalue weighted by molar-refractivity contribution is 5.61. The van der Waals surface area contributed by atoms with E-state index in [9.17, 15) is 14.4 Å². The lowest BCUT2D eigenvalue weighted by Gasteiger charge is -2.18. The molecule has 12 heteroatoms. The Morgan fingerprint density at radius 2 is 0.889 bits per heavy atom. The van der Waals surface area contributed by atoms with E-state index in [2.05, 4.69) is 23.7 Å². The summed E-state index contributed by atoms with van der Waals surface area (Å²) in [7, 11) is 0. The Morgan fingerprint density at radius 1 is 0.593 bits per heavy atom. The van der Waals surface area contributed by atoms with E-state index in [0.29, 0.717) is 0 Å². The van der Waals surface area contributed by atoms with Crippen molar-refractivity contribution in [3.63, 3.8) is 0 Å². The Bertz CT molecular complexity index is 420. The number of hydrogen-bond donors (Lipinski definition) is 3. The summed E-state index contributed by atoms with van der Waals surface area (Å²) < 4.78 is 27.9. The SMILES string of the molecule is CC(O)COC(=O)OCC(COC(=O)OCC(C)O)OC(=O)OCC(C)O. The summed E-state index contributed by atoms with van der Waals surface area (Å²) >= 11 is 0. The fourth-order valence-corrected chi connectivity index (χ4v) is 1.26. The van der Waals surface area contributed by atoms with Crippen molar-refractivity contribution in [2.45, 2.75) is 45.2 Å². The van der Waals surface area contributed by atoms with Gasteiger partial charge in [-0.3, -0.25) is 0 Å². The number of rotatable bonds is 11. The van der Waals surface area contributed by atoms with Crippen LogP contribution >= 0.6 is 0 Å². The van der Waals surface area contributed by atoms with Gasteiger partial charge < -0.3 is 43.7 Å². The first-order valence-electron chi connectivity index (χ1n) is 8.06. The first-order valence-corrected chi connectivity index (χ1v) is 8.06. The Labute approximate surface area is 155 Å². The summed E-state index contributed by atoms with van der Waals surface area (Å²) in [5.74, 6) is 0. The predicted molar refractivity (Wildman–Crippen MR) is 85.9 cm³/mol. The van der Waals surface area contributed by atoms with Crippen LogP contribution in [0.1, 0.15) is 20.8 Å². The number of aliphatic hydroxyl groups excluding tert-OH is 3. The first-order chi connectivity index (χ1) is 12.6. The third-order valence-corrected chi connectivity index (χ3v) is 2.36. The third-order valence-electron chi connectivity index (χ3n) is 2.36. The van der Waals surface area contributed by atoms with Crippen molar-refractivity contribution in [2.24, 2.45) is 0 Å². The quantitative estimate of drug-likeness (QED) is 0.314. The molecular weight excluding hydrogens is 372 g/mol. The highest BCUT2D eigenvalue weighted by Crippen LogP contribution is 2.02. The molecule has 0 aromatic rings. The summed E-state index contributed by atoms with van der Waals surface area (Å²) in [5, 5.41) is 27.1. The van der Waals surface area contributed by atoms with Gasteiger partial charge in [0.25, 0.3) is 0 Å². The molecule has 0 rings (SSSR count). The second-order valence-corrected chi connectivity index (χ2v) is 5.59. The Morgan fingerprint density at radius 3 is 1.22 bits per heavy atom. The summed E-state index contributed by atoms with van der Waals surface area (Å²) in [4.78, 5) is 34.2. The average molecular weight is 398 g/mol. The van der Waals surface area contributed by atoms with Crippen molar-refractivity contribution in [3.8, 4) is 0 Å². The number of ether oxygens (including phenoxy) is 6. The van der Waals surface area contributed by atoms with Crippen molar-refractivity contribution in [1.82, 2.24) is 0 Å². The Kier molecular flexibility index (Phi) is 12.7. The minimum atomic E-state index is -1.26. The van der Waals surface area contributed by atoms with Crippen LogP contribution < -0.4 is 0 Å². The molecule has 0 amide bonds. The fourth-order valence-electron chi connectivity index (χ4n) is 1.26. The van der Waals surface area contributed by atoms with Gasteiger partial charge in [-0.25, -0.2) is 14.4 Å². The van der Waals surface area contributed by atoms with Gasteiger partial charge in [0.05, 0.1) is 18.3 Å². The zero-order valence-electron chi connectivity index (χ0n) is 15.4. The van der Waals surface area contributed by atoms with Crippen LogP contribution in [0, 0.1) is 0 Å². The molecule has 0 aromatic heterocycles. The monoisotopic (exact) mass is 398 g/mol. The average Bonchev–Trinajstić information content (AvgIpc) is 2.58. The largest absolute Gasteiger partial charge is 0.508 e. The zero-order valence-corrected chi connectivity index (χ0v) is 15.4. The Balaban J connectivity index is 4.49. The van der Waals surface area contributed by atoms with E-state index < -0.39 is 56.1 Å². The van der Waals surface area contributed by atoms with Crippen molar-refractivity contribution in [2.75, 3.05) is 33.0 Å². The lowest BCUT2D eigenvalue weighted by molar-refractivity contribution is -0.0554. The highest BCUT2D eigenvalue weighted by Gasteiger charge is 2.22. The van der Waals surface area contributed by atoms with Gasteiger partial charge in [0.2, 0.25) is 0 Å². The molecule has 0 aliphatic rings. The fraction of sp³-hybridized carbons (Fsp3) is 0.800. The van der Waals surface area contributed by atoms with E-state index in [1.54, 1.807) is 0 Å². The van der Waals surface area contributed by atoms with Gasteiger partial charge in [-0.05, 0) is 20.8 Å². The first kappa shape index (κ1) is 24.7. The van der Waals surface area contributed by atoms with Crippen LogP contribution in [0.4, 0.5) is 14.4 Å². The number of hydrogen-bond acceptors (Lipinski definition) is 12. The molecule has 158 valence electrons. The molecule has 0 saturated carbocycles. The molecular formula is C15H26O12. The van der Waals surface area contributed by atoms with E-state index in [-0.39, 0.29) is 19.8 Å². The summed E-state index contributed by atoms with van der Waals surface area (Å²) in [6, 6.07) is 0. The predicted octanol–water partition coefficient (Wildman–Crippen LogP) is -0.0430. The molecule has 0 aliphatic heterocycles. The lowest BCUT2D eigenvalue weighted by Crippen LogP contribution is -2.32. The minimum Gasteiger partial charge on any atom is -0.432 e. The van der Waals surface area contributed by atoms with E-state index >= 15 is 0 Å². The van der Waals surface area contributed by atoms with Crippen LogP contribution in [0.5, 0.6) is 0 Å². The highest BCUT2D eigenvalue weighted by atomic mass is 16.8. The molecule has 0 spiro atoms. The molecule has 0 aromatic carbocycles. The molecule has 27 heavy (non-hydrogen) atoms. The number of carbonyl (C=O) groups excluding carboxylic acids is 3. The van der Waals surface area contributed by atoms with E-state index in [1.807, 2.05) is 0 Å². The van der Waals surface area contributed by atoms with Gasteiger partial charge in [0, 0.05) is 0 Å². The third kappa shape index (κ3) is 15.6.